The molecule has 0 fully saturated rings. The third-order valence-corrected chi connectivity index (χ3v) is 5.12. The summed E-state index contributed by atoms with van der Waals surface area (Å²) in [5, 5.41) is 2.25. The molecule has 0 unspecified atom stereocenters. The van der Waals surface area contributed by atoms with Crippen molar-refractivity contribution in [2.24, 2.45) is 0 Å². The van der Waals surface area contributed by atoms with Gasteiger partial charge in [0.1, 0.15) is 16.4 Å². The molecule has 152 valence electrons. The number of H-pyrrole nitrogens is 1. The molecule has 1 heterocycles. The fourth-order valence-corrected chi connectivity index (χ4v) is 3.44. The molecule has 0 aliphatic heterocycles. The van der Waals surface area contributed by atoms with Gasteiger partial charge in [0.05, 0.1) is 11.3 Å². The van der Waals surface area contributed by atoms with E-state index < -0.39 is 33.5 Å². The predicted octanol–water partition coefficient (Wildman–Crippen LogP) is 4.23. The molecule has 0 bridgehead atoms. The Morgan fingerprint density at radius 3 is 2.41 bits per heavy atom. The molecule has 0 radical (unpaired) electrons. The number of benzene rings is 2. The molecule has 11 heteroatoms. The molecular formula is C18H13F4N3O3S. The van der Waals surface area contributed by atoms with Gasteiger partial charge in [0, 0.05) is 11.9 Å². The van der Waals surface area contributed by atoms with Crippen molar-refractivity contribution in [1.82, 2.24) is 4.98 Å². The van der Waals surface area contributed by atoms with Crippen LogP contribution >= 0.6 is 0 Å². The number of alkyl halides is 3. The zero-order valence-corrected chi connectivity index (χ0v) is 15.2. The van der Waals surface area contributed by atoms with Gasteiger partial charge in [-0.2, -0.15) is 13.2 Å². The van der Waals surface area contributed by atoms with Crippen LogP contribution in [-0.2, 0) is 16.2 Å². The first-order valence-corrected chi connectivity index (χ1v) is 9.49. The highest BCUT2D eigenvalue weighted by Gasteiger charge is 2.30. The summed E-state index contributed by atoms with van der Waals surface area (Å²) < 4.78 is 78.6. The van der Waals surface area contributed by atoms with E-state index in [1.54, 1.807) is 0 Å². The lowest BCUT2D eigenvalue weighted by Crippen LogP contribution is -2.14. The maximum Gasteiger partial charge on any atom is 0.416 e. The Hall–Kier alpha value is -3.34. The molecule has 0 saturated carbocycles. The Labute approximate surface area is 162 Å². The van der Waals surface area contributed by atoms with Crippen molar-refractivity contribution in [2.45, 2.75) is 11.1 Å². The second-order valence-electron chi connectivity index (χ2n) is 5.87. The Bertz CT molecular complexity index is 1160. The molecule has 1 amide bonds. The van der Waals surface area contributed by atoms with Crippen molar-refractivity contribution in [1.29, 1.82) is 0 Å². The van der Waals surface area contributed by atoms with Gasteiger partial charge in [-0.3, -0.25) is 9.52 Å². The van der Waals surface area contributed by atoms with Gasteiger partial charge in [-0.15, -0.1) is 0 Å². The van der Waals surface area contributed by atoms with E-state index in [1.807, 2.05) is 4.72 Å². The normalized spacial score (nSPS) is 11.9. The summed E-state index contributed by atoms with van der Waals surface area (Å²) in [7, 11) is -4.20. The molecule has 29 heavy (non-hydrogen) atoms. The topological polar surface area (TPSA) is 91.1 Å². The molecule has 3 rings (SSSR count). The summed E-state index contributed by atoms with van der Waals surface area (Å²) in [6.07, 6.45) is -3.57. The van der Waals surface area contributed by atoms with E-state index in [-0.39, 0.29) is 22.0 Å². The number of amides is 1. The number of rotatable bonds is 5. The molecular weight excluding hydrogens is 414 g/mol. The number of sulfonamides is 1. The molecule has 3 N–H and O–H groups in total. The van der Waals surface area contributed by atoms with Crippen molar-refractivity contribution in [2.75, 3.05) is 10.0 Å². The fourth-order valence-electron chi connectivity index (χ4n) is 2.38. The number of carbonyl (C=O) groups is 1. The average molecular weight is 427 g/mol. The van der Waals surface area contributed by atoms with Crippen LogP contribution in [0.1, 0.15) is 16.1 Å². The van der Waals surface area contributed by atoms with Crippen LogP contribution in [0.2, 0.25) is 0 Å². The highest BCUT2D eigenvalue weighted by Crippen LogP contribution is 2.30. The number of hydrogen-bond donors (Lipinski definition) is 3. The number of para-hydroxylation sites is 1. The summed E-state index contributed by atoms with van der Waals surface area (Å²) in [4.78, 5) is 14.3. The van der Waals surface area contributed by atoms with E-state index in [4.69, 9.17) is 0 Å². The Balaban J connectivity index is 1.77. The van der Waals surface area contributed by atoms with Gasteiger partial charge in [0.25, 0.3) is 15.9 Å². The van der Waals surface area contributed by atoms with Crippen molar-refractivity contribution >= 4 is 27.3 Å². The minimum Gasteiger partial charge on any atom is -0.356 e. The maximum atomic E-state index is 13.6. The lowest BCUT2D eigenvalue weighted by Gasteiger charge is -2.09. The number of aromatic nitrogens is 1. The Morgan fingerprint density at radius 2 is 1.72 bits per heavy atom. The zero-order valence-electron chi connectivity index (χ0n) is 14.4. The van der Waals surface area contributed by atoms with Crippen LogP contribution in [0.15, 0.2) is 65.7 Å². The molecule has 0 spiro atoms. The Kier molecular flexibility index (Phi) is 5.33. The molecule has 1 aromatic heterocycles. The summed E-state index contributed by atoms with van der Waals surface area (Å²) in [5.74, 6) is -1.63. The Morgan fingerprint density at radius 1 is 1.00 bits per heavy atom. The van der Waals surface area contributed by atoms with Crippen molar-refractivity contribution < 1.29 is 30.8 Å². The largest absolute Gasteiger partial charge is 0.416 e. The van der Waals surface area contributed by atoms with Gasteiger partial charge < -0.3 is 10.3 Å². The molecule has 6 nitrogen and oxygen atoms in total. The van der Waals surface area contributed by atoms with Gasteiger partial charge in [0.2, 0.25) is 0 Å². The highest BCUT2D eigenvalue weighted by molar-refractivity contribution is 7.92. The van der Waals surface area contributed by atoms with Crippen LogP contribution in [0.5, 0.6) is 0 Å². The minimum absolute atomic E-state index is 0.117. The number of aromatic amines is 1. The van der Waals surface area contributed by atoms with Crippen molar-refractivity contribution in [3.8, 4) is 0 Å². The van der Waals surface area contributed by atoms with E-state index in [1.165, 1.54) is 24.3 Å². The standard InChI is InChI=1S/C18H13F4N3O3S/c19-14-6-1-2-7-15(14)25-29(27,28)13-9-16(23-10-13)17(26)24-12-5-3-4-11(8-12)18(20,21)22/h1-10,23,25H,(H,24,26). The van der Waals surface area contributed by atoms with Gasteiger partial charge in [-0.05, 0) is 36.4 Å². The number of carbonyl (C=O) groups excluding carboxylic acids is 1. The van der Waals surface area contributed by atoms with Crippen LogP contribution in [0.4, 0.5) is 28.9 Å². The number of hydrogen-bond acceptors (Lipinski definition) is 3. The molecule has 0 atom stereocenters. The van der Waals surface area contributed by atoms with Crippen LogP contribution < -0.4 is 10.0 Å². The first-order valence-electron chi connectivity index (χ1n) is 8.01. The summed E-state index contributed by atoms with van der Waals surface area (Å²) in [6, 6.07) is 10.1. The molecule has 3 aromatic rings. The van der Waals surface area contributed by atoms with Crippen LogP contribution in [-0.4, -0.2) is 19.3 Å². The average Bonchev–Trinajstić information content (AvgIpc) is 3.14. The third kappa shape index (κ3) is 4.74. The van der Waals surface area contributed by atoms with E-state index >= 15 is 0 Å². The zero-order chi connectivity index (χ0) is 21.2. The van der Waals surface area contributed by atoms with E-state index in [0.717, 1.165) is 36.5 Å². The second kappa shape index (κ2) is 7.59. The monoisotopic (exact) mass is 427 g/mol. The predicted molar refractivity (Wildman–Crippen MR) is 97.4 cm³/mol. The van der Waals surface area contributed by atoms with Crippen molar-refractivity contribution in [3.05, 3.63) is 77.9 Å². The summed E-state index contributed by atoms with van der Waals surface area (Å²) >= 11 is 0. The summed E-state index contributed by atoms with van der Waals surface area (Å²) in [5.41, 5.74) is -1.55. The number of nitrogens with one attached hydrogen (secondary N) is 3. The smallest absolute Gasteiger partial charge is 0.356 e. The lowest BCUT2D eigenvalue weighted by atomic mass is 10.2. The van der Waals surface area contributed by atoms with Gasteiger partial charge in [-0.25, -0.2) is 12.8 Å². The maximum absolute atomic E-state index is 13.6. The number of anilines is 2. The number of halogens is 4. The molecule has 2 aromatic carbocycles. The third-order valence-electron chi connectivity index (χ3n) is 3.78. The molecule has 0 saturated heterocycles. The van der Waals surface area contributed by atoms with E-state index in [2.05, 4.69) is 10.3 Å². The highest BCUT2D eigenvalue weighted by atomic mass is 32.2. The molecule has 0 aliphatic carbocycles. The van der Waals surface area contributed by atoms with Gasteiger partial charge >= 0.3 is 6.18 Å². The van der Waals surface area contributed by atoms with Crippen LogP contribution in [0, 0.1) is 5.82 Å². The SMILES string of the molecule is O=C(Nc1cccc(C(F)(F)F)c1)c1cc(S(=O)(=O)Nc2ccccc2F)c[nH]1. The van der Waals surface area contributed by atoms with E-state index in [9.17, 15) is 30.8 Å². The first-order chi connectivity index (χ1) is 13.6. The van der Waals surface area contributed by atoms with Gasteiger partial charge in [-0.1, -0.05) is 18.2 Å². The molecule has 0 aliphatic rings. The van der Waals surface area contributed by atoms with Crippen LogP contribution in [0.25, 0.3) is 0 Å². The van der Waals surface area contributed by atoms with E-state index in [0.29, 0.717) is 0 Å². The second-order valence-corrected chi connectivity index (χ2v) is 7.55. The van der Waals surface area contributed by atoms with Crippen molar-refractivity contribution in [3.63, 3.8) is 0 Å². The minimum atomic E-state index is -4.58. The fraction of sp³-hybridized carbons (Fsp3) is 0.0556. The first kappa shape index (κ1) is 20.4. The quantitative estimate of drug-likeness (QED) is 0.533. The lowest BCUT2D eigenvalue weighted by molar-refractivity contribution is -0.137. The van der Waals surface area contributed by atoms with Gasteiger partial charge in [0.15, 0.2) is 0 Å². The van der Waals surface area contributed by atoms with Crippen LogP contribution in [0.3, 0.4) is 0 Å². The summed E-state index contributed by atoms with van der Waals surface area (Å²) in [6.45, 7) is 0.